The number of nitrogens with two attached hydrogens (primary N) is 1. The van der Waals surface area contributed by atoms with E-state index in [1.54, 1.807) is 11.8 Å². The highest BCUT2D eigenvalue weighted by molar-refractivity contribution is 7.98. The Labute approximate surface area is 98.4 Å². The van der Waals surface area contributed by atoms with Crippen LogP contribution in [0.15, 0.2) is 6.20 Å². The quantitative estimate of drug-likeness (QED) is 0.602. The Morgan fingerprint density at radius 3 is 3.00 bits per heavy atom. The van der Waals surface area contributed by atoms with Crippen LogP contribution >= 0.6 is 23.4 Å². The van der Waals surface area contributed by atoms with Gasteiger partial charge in [-0.05, 0) is 6.26 Å². The summed E-state index contributed by atoms with van der Waals surface area (Å²) in [6, 6.07) is 0. The standard InChI is InChI=1S/C8H14ClN5S/c1-14(3-4-15-2)7-6(9)5-11-8(12-7)13-10/h5H,3-4,10H2,1-2H3,(H,11,12,13). The van der Waals surface area contributed by atoms with Crippen molar-refractivity contribution < 1.29 is 0 Å². The molecule has 1 heterocycles. The third-order valence-corrected chi connectivity index (χ3v) is 2.70. The fourth-order valence-electron chi connectivity index (χ4n) is 1.03. The smallest absolute Gasteiger partial charge is 0.239 e. The lowest BCUT2D eigenvalue weighted by Gasteiger charge is -2.18. The molecular formula is C8H14ClN5S. The molecule has 0 aliphatic heterocycles. The number of rotatable bonds is 5. The van der Waals surface area contributed by atoms with Gasteiger partial charge in [0.25, 0.3) is 0 Å². The summed E-state index contributed by atoms with van der Waals surface area (Å²) in [7, 11) is 1.94. The van der Waals surface area contributed by atoms with E-state index < -0.39 is 0 Å². The molecular weight excluding hydrogens is 234 g/mol. The van der Waals surface area contributed by atoms with Gasteiger partial charge in [0.1, 0.15) is 5.02 Å². The summed E-state index contributed by atoms with van der Waals surface area (Å²) in [5.74, 6) is 7.30. The zero-order valence-corrected chi connectivity index (χ0v) is 10.3. The second kappa shape index (κ2) is 5.99. The average molecular weight is 248 g/mol. The van der Waals surface area contributed by atoms with Gasteiger partial charge >= 0.3 is 0 Å². The maximum Gasteiger partial charge on any atom is 0.239 e. The fourth-order valence-corrected chi connectivity index (χ4v) is 1.72. The van der Waals surface area contributed by atoms with Gasteiger partial charge in [0.05, 0.1) is 6.20 Å². The Morgan fingerprint density at radius 2 is 2.40 bits per heavy atom. The van der Waals surface area contributed by atoms with Crippen molar-refractivity contribution in [1.29, 1.82) is 0 Å². The van der Waals surface area contributed by atoms with E-state index in [9.17, 15) is 0 Å². The Hall–Kier alpha value is -0.720. The number of aromatic nitrogens is 2. The molecule has 84 valence electrons. The summed E-state index contributed by atoms with van der Waals surface area (Å²) in [6.45, 7) is 0.877. The first kappa shape index (κ1) is 12.4. The van der Waals surface area contributed by atoms with Crippen LogP contribution in [0.25, 0.3) is 0 Å². The molecule has 1 aromatic heterocycles. The maximum absolute atomic E-state index is 5.98. The van der Waals surface area contributed by atoms with Gasteiger partial charge in [-0.1, -0.05) is 11.6 Å². The second-order valence-corrected chi connectivity index (χ2v) is 4.32. The number of hydrazine groups is 1. The Kier molecular flexibility index (Phi) is 4.93. The highest BCUT2D eigenvalue weighted by Gasteiger charge is 2.09. The van der Waals surface area contributed by atoms with Gasteiger partial charge in [-0.3, -0.25) is 5.43 Å². The second-order valence-electron chi connectivity index (χ2n) is 2.92. The van der Waals surface area contributed by atoms with E-state index in [0.29, 0.717) is 16.8 Å². The van der Waals surface area contributed by atoms with Crippen LogP contribution in [0.4, 0.5) is 11.8 Å². The van der Waals surface area contributed by atoms with Crippen molar-refractivity contribution in [2.45, 2.75) is 0 Å². The Balaban J connectivity index is 2.81. The topological polar surface area (TPSA) is 67.1 Å². The van der Waals surface area contributed by atoms with Gasteiger partial charge < -0.3 is 4.90 Å². The SMILES string of the molecule is CSCCN(C)c1nc(NN)ncc1Cl. The molecule has 0 aromatic carbocycles. The van der Waals surface area contributed by atoms with Crippen molar-refractivity contribution in [1.82, 2.24) is 9.97 Å². The van der Waals surface area contributed by atoms with Gasteiger partial charge in [-0.25, -0.2) is 10.8 Å². The minimum absolute atomic E-state index is 0.366. The van der Waals surface area contributed by atoms with E-state index >= 15 is 0 Å². The van der Waals surface area contributed by atoms with Crippen LogP contribution in [0.1, 0.15) is 0 Å². The van der Waals surface area contributed by atoms with Gasteiger partial charge in [0, 0.05) is 19.3 Å². The van der Waals surface area contributed by atoms with Crippen LogP contribution < -0.4 is 16.2 Å². The lowest BCUT2D eigenvalue weighted by molar-refractivity contribution is 0.935. The average Bonchev–Trinajstić information content (AvgIpc) is 2.26. The Bertz CT molecular complexity index is 322. The van der Waals surface area contributed by atoms with Crippen molar-refractivity contribution in [3.63, 3.8) is 0 Å². The zero-order valence-electron chi connectivity index (χ0n) is 8.70. The minimum Gasteiger partial charge on any atom is -0.357 e. The number of hydrogen-bond acceptors (Lipinski definition) is 6. The van der Waals surface area contributed by atoms with Crippen LogP contribution in [0.2, 0.25) is 5.02 Å². The molecule has 3 N–H and O–H groups in total. The number of thioether (sulfide) groups is 1. The molecule has 15 heavy (non-hydrogen) atoms. The van der Waals surface area contributed by atoms with Gasteiger partial charge in [0.15, 0.2) is 5.82 Å². The van der Waals surface area contributed by atoms with Crippen LogP contribution in [-0.4, -0.2) is 35.6 Å². The van der Waals surface area contributed by atoms with Gasteiger partial charge in [-0.2, -0.15) is 16.7 Å². The highest BCUT2D eigenvalue weighted by Crippen LogP contribution is 2.22. The van der Waals surface area contributed by atoms with Crippen molar-refractivity contribution in [2.75, 3.05) is 35.9 Å². The Morgan fingerprint density at radius 1 is 1.67 bits per heavy atom. The zero-order chi connectivity index (χ0) is 11.3. The summed E-state index contributed by atoms with van der Waals surface area (Å²) in [5.41, 5.74) is 2.39. The third kappa shape index (κ3) is 3.40. The number of nitrogens with zero attached hydrogens (tertiary/aromatic N) is 3. The molecule has 1 rings (SSSR count). The van der Waals surface area contributed by atoms with Crippen molar-refractivity contribution in [3.8, 4) is 0 Å². The molecule has 0 bridgehead atoms. The van der Waals surface area contributed by atoms with Gasteiger partial charge in [0.2, 0.25) is 5.95 Å². The third-order valence-electron chi connectivity index (χ3n) is 1.85. The molecule has 0 saturated heterocycles. The summed E-state index contributed by atoms with van der Waals surface area (Å²) < 4.78 is 0. The van der Waals surface area contributed by atoms with Crippen LogP contribution in [0.3, 0.4) is 0 Å². The summed E-state index contributed by atoms with van der Waals surface area (Å²) in [5, 5.41) is 0.526. The molecule has 0 unspecified atom stereocenters. The summed E-state index contributed by atoms with van der Waals surface area (Å²) >= 11 is 7.76. The lowest BCUT2D eigenvalue weighted by Crippen LogP contribution is -2.23. The lowest BCUT2D eigenvalue weighted by atomic mass is 10.5. The normalized spacial score (nSPS) is 10.1. The molecule has 0 amide bonds. The molecule has 0 radical (unpaired) electrons. The van der Waals surface area contributed by atoms with Crippen LogP contribution in [0.5, 0.6) is 0 Å². The number of nitrogens with one attached hydrogen (secondary N) is 1. The van der Waals surface area contributed by atoms with Crippen molar-refractivity contribution >= 4 is 35.1 Å². The predicted octanol–water partition coefficient (Wildman–Crippen LogP) is 1.21. The molecule has 7 heteroatoms. The maximum atomic E-state index is 5.98. The summed E-state index contributed by atoms with van der Waals surface area (Å²) in [6.07, 6.45) is 3.59. The van der Waals surface area contributed by atoms with E-state index in [2.05, 4.69) is 21.6 Å². The largest absolute Gasteiger partial charge is 0.357 e. The minimum atomic E-state index is 0.366. The van der Waals surface area contributed by atoms with Crippen molar-refractivity contribution in [3.05, 3.63) is 11.2 Å². The molecule has 0 aliphatic rings. The predicted molar refractivity (Wildman–Crippen MR) is 66.5 cm³/mol. The van der Waals surface area contributed by atoms with E-state index in [1.807, 2.05) is 11.9 Å². The first-order valence-corrected chi connectivity index (χ1v) is 6.15. The van der Waals surface area contributed by atoms with E-state index in [1.165, 1.54) is 6.20 Å². The van der Waals surface area contributed by atoms with Gasteiger partial charge in [-0.15, -0.1) is 0 Å². The number of halogens is 1. The number of hydrogen-bond donors (Lipinski definition) is 2. The molecule has 0 atom stereocenters. The highest BCUT2D eigenvalue weighted by atomic mass is 35.5. The number of nitrogen functional groups attached to an aromatic ring is 1. The molecule has 0 aliphatic carbocycles. The van der Waals surface area contributed by atoms with E-state index in [4.69, 9.17) is 17.4 Å². The molecule has 0 saturated carbocycles. The van der Waals surface area contributed by atoms with Crippen molar-refractivity contribution in [2.24, 2.45) is 5.84 Å². The first-order chi connectivity index (χ1) is 7.19. The van der Waals surface area contributed by atoms with Crippen LogP contribution in [-0.2, 0) is 0 Å². The monoisotopic (exact) mass is 247 g/mol. The summed E-state index contributed by atoms with van der Waals surface area (Å²) in [4.78, 5) is 10.1. The van der Waals surface area contributed by atoms with E-state index in [0.717, 1.165) is 12.3 Å². The molecule has 1 aromatic rings. The number of anilines is 2. The molecule has 5 nitrogen and oxygen atoms in total. The first-order valence-electron chi connectivity index (χ1n) is 4.38. The van der Waals surface area contributed by atoms with E-state index in [-0.39, 0.29) is 0 Å². The molecule has 0 spiro atoms. The fraction of sp³-hybridized carbons (Fsp3) is 0.500. The molecule has 0 fully saturated rings. The van der Waals surface area contributed by atoms with Crippen LogP contribution in [0, 0.1) is 0 Å².